The lowest BCUT2D eigenvalue weighted by molar-refractivity contribution is -0.125. The molecule has 1 saturated heterocycles. The first-order valence-corrected chi connectivity index (χ1v) is 12.3. The van der Waals surface area contributed by atoms with Crippen LogP contribution >= 0.6 is 0 Å². The van der Waals surface area contributed by atoms with E-state index in [0.717, 1.165) is 29.2 Å². The number of sulfonamides is 1. The zero-order valence-electron chi connectivity index (χ0n) is 17.9. The van der Waals surface area contributed by atoms with E-state index >= 15 is 0 Å². The van der Waals surface area contributed by atoms with Crippen LogP contribution in [-0.2, 0) is 14.8 Å². The average Bonchev–Trinajstić information content (AvgIpc) is 2.74. The van der Waals surface area contributed by atoms with E-state index in [1.807, 2.05) is 25.1 Å². The lowest BCUT2D eigenvalue weighted by Crippen LogP contribution is -2.42. The Morgan fingerprint density at radius 2 is 1.57 bits per heavy atom. The maximum atomic E-state index is 13.1. The Bertz CT molecular complexity index is 939. The van der Waals surface area contributed by atoms with Gasteiger partial charge in [-0.25, -0.2) is 8.42 Å². The zero-order valence-corrected chi connectivity index (χ0v) is 18.7. The van der Waals surface area contributed by atoms with E-state index in [-0.39, 0.29) is 11.9 Å². The minimum Gasteiger partial charge on any atom is -0.372 e. The van der Waals surface area contributed by atoms with E-state index in [1.165, 1.54) is 32.0 Å². The maximum Gasteiger partial charge on any atom is 0.243 e. The molecule has 1 aliphatic rings. The van der Waals surface area contributed by atoms with Crippen molar-refractivity contribution in [2.75, 3.05) is 31.3 Å². The van der Waals surface area contributed by atoms with Crippen molar-refractivity contribution in [3.05, 3.63) is 65.7 Å². The second-order valence-corrected chi connectivity index (χ2v) is 10.0. The van der Waals surface area contributed by atoms with Crippen LogP contribution in [0.2, 0.25) is 0 Å². The Kier molecular flexibility index (Phi) is 7.15. The molecule has 1 amide bonds. The number of rotatable bonds is 7. The summed E-state index contributed by atoms with van der Waals surface area (Å²) in [6, 6.07) is 16.1. The summed E-state index contributed by atoms with van der Waals surface area (Å²) >= 11 is 0. The third-order valence-corrected chi connectivity index (χ3v) is 6.98. The van der Waals surface area contributed by atoms with Crippen LogP contribution in [0.5, 0.6) is 0 Å². The van der Waals surface area contributed by atoms with E-state index in [2.05, 4.69) is 22.3 Å². The fraction of sp³-hybridized carbons (Fsp3) is 0.435. The Labute approximate surface area is 179 Å². The summed E-state index contributed by atoms with van der Waals surface area (Å²) in [5.41, 5.74) is 2.82. The largest absolute Gasteiger partial charge is 0.372 e. The standard InChI is InChI=1S/C23H31N3O3S/c1-18(19-12-14-21(15-13-19)26-16-8-5-9-17-26)24-23(27)22(25(2)30(3,28)29)20-10-6-4-7-11-20/h4,6-7,10-15,18,22H,5,8-9,16-17H2,1-3H3,(H,24,27)/t18-,22-/m1/s1. The van der Waals surface area contributed by atoms with Crippen molar-refractivity contribution in [2.45, 2.75) is 38.3 Å². The lowest BCUT2D eigenvalue weighted by atomic mass is 10.0. The van der Waals surface area contributed by atoms with Crippen molar-refractivity contribution in [2.24, 2.45) is 0 Å². The number of benzene rings is 2. The summed E-state index contributed by atoms with van der Waals surface area (Å²) in [4.78, 5) is 15.5. The monoisotopic (exact) mass is 429 g/mol. The number of nitrogens with one attached hydrogen (secondary N) is 1. The van der Waals surface area contributed by atoms with Gasteiger partial charge in [-0.2, -0.15) is 4.31 Å². The van der Waals surface area contributed by atoms with Crippen molar-refractivity contribution < 1.29 is 13.2 Å². The van der Waals surface area contributed by atoms with Gasteiger partial charge in [-0.1, -0.05) is 42.5 Å². The first-order valence-electron chi connectivity index (χ1n) is 10.4. The van der Waals surface area contributed by atoms with Gasteiger partial charge in [-0.15, -0.1) is 0 Å². The third-order valence-electron chi connectivity index (χ3n) is 5.72. The van der Waals surface area contributed by atoms with Gasteiger partial charge in [0.25, 0.3) is 0 Å². The summed E-state index contributed by atoms with van der Waals surface area (Å²) in [5.74, 6) is -0.346. The molecule has 2 atom stereocenters. The summed E-state index contributed by atoms with van der Waals surface area (Å²) in [6.07, 6.45) is 4.85. The number of carbonyl (C=O) groups excluding carboxylic acids is 1. The number of hydrogen-bond acceptors (Lipinski definition) is 4. The number of hydrogen-bond donors (Lipinski definition) is 1. The number of amides is 1. The molecule has 1 aliphatic heterocycles. The Morgan fingerprint density at radius 3 is 2.13 bits per heavy atom. The van der Waals surface area contributed by atoms with Gasteiger partial charge in [-0.05, 0) is 49.4 Å². The van der Waals surface area contributed by atoms with E-state index in [4.69, 9.17) is 0 Å². The second kappa shape index (κ2) is 9.62. The van der Waals surface area contributed by atoms with Crippen LogP contribution in [0.15, 0.2) is 54.6 Å². The van der Waals surface area contributed by atoms with E-state index in [9.17, 15) is 13.2 Å². The molecule has 0 spiro atoms. The second-order valence-electron chi connectivity index (χ2n) is 7.96. The molecule has 2 aromatic rings. The van der Waals surface area contributed by atoms with Crippen LogP contribution in [0.3, 0.4) is 0 Å². The van der Waals surface area contributed by atoms with Crippen LogP contribution < -0.4 is 10.2 Å². The van der Waals surface area contributed by atoms with Gasteiger partial charge in [-0.3, -0.25) is 4.79 Å². The molecule has 30 heavy (non-hydrogen) atoms. The van der Waals surface area contributed by atoms with Crippen molar-refractivity contribution in [3.8, 4) is 0 Å². The van der Waals surface area contributed by atoms with Gasteiger partial charge in [0, 0.05) is 25.8 Å². The lowest BCUT2D eigenvalue weighted by Gasteiger charge is -2.29. The van der Waals surface area contributed by atoms with Crippen LogP contribution in [0, 0.1) is 0 Å². The van der Waals surface area contributed by atoms with Gasteiger partial charge >= 0.3 is 0 Å². The van der Waals surface area contributed by atoms with Crippen molar-refractivity contribution in [1.29, 1.82) is 0 Å². The SMILES string of the molecule is C[C@@H](NC(=O)[C@@H](c1ccccc1)N(C)S(C)(=O)=O)c1ccc(N2CCCCC2)cc1. The van der Waals surface area contributed by atoms with Crippen LogP contribution in [-0.4, -0.2) is 45.0 Å². The molecule has 6 nitrogen and oxygen atoms in total. The molecule has 0 bridgehead atoms. The first kappa shape index (κ1) is 22.3. The minimum absolute atomic E-state index is 0.243. The minimum atomic E-state index is -3.55. The predicted octanol–water partition coefficient (Wildman–Crippen LogP) is 3.49. The van der Waals surface area contributed by atoms with Crippen LogP contribution in [0.1, 0.15) is 49.4 Å². The molecule has 2 aromatic carbocycles. The van der Waals surface area contributed by atoms with E-state index in [1.54, 1.807) is 24.3 Å². The molecular formula is C23H31N3O3S. The van der Waals surface area contributed by atoms with Gasteiger partial charge in [0.1, 0.15) is 6.04 Å². The highest BCUT2D eigenvalue weighted by molar-refractivity contribution is 7.88. The molecule has 162 valence electrons. The zero-order chi connectivity index (χ0) is 21.7. The third kappa shape index (κ3) is 5.40. The molecule has 0 aliphatic carbocycles. The quantitative estimate of drug-likeness (QED) is 0.732. The van der Waals surface area contributed by atoms with E-state index < -0.39 is 16.1 Å². The predicted molar refractivity (Wildman–Crippen MR) is 121 cm³/mol. The Hall–Kier alpha value is -2.38. The van der Waals surface area contributed by atoms with Crippen LogP contribution in [0.4, 0.5) is 5.69 Å². The van der Waals surface area contributed by atoms with Gasteiger partial charge in [0.05, 0.1) is 12.3 Å². The summed E-state index contributed by atoms with van der Waals surface area (Å²) in [7, 11) is -2.11. The Morgan fingerprint density at radius 1 is 0.967 bits per heavy atom. The van der Waals surface area contributed by atoms with Crippen molar-refractivity contribution in [3.63, 3.8) is 0 Å². The molecule has 0 saturated carbocycles. The number of anilines is 1. The normalized spacial score (nSPS) is 16.9. The Balaban J connectivity index is 1.74. The maximum absolute atomic E-state index is 13.1. The molecule has 1 heterocycles. The van der Waals surface area contributed by atoms with Crippen LogP contribution in [0.25, 0.3) is 0 Å². The molecule has 1 fully saturated rings. The summed E-state index contributed by atoms with van der Waals surface area (Å²) < 4.78 is 25.4. The van der Waals surface area contributed by atoms with Gasteiger partial charge < -0.3 is 10.2 Å². The summed E-state index contributed by atoms with van der Waals surface area (Å²) in [6.45, 7) is 4.08. The fourth-order valence-electron chi connectivity index (χ4n) is 3.85. The topological polar surface area (TPSA) is 69.7 Å². The average molecular weight is 430 g/mol. The molecule has 3 rings (SSSR count). The highest BCUT2D eigenvalue weighted by Crippen LogP contribution is 2.25. The molecule has 0 aromatic heterocycles. The molecule has 1 N–H and O–H groups in total. The first-order chi connectivity index (χ1) is 14.3. The highest BCUT2D eigenvalue weighted by atomic mass is 32.2. The molecule has 0 radical (unpaired) electrons. The smallest absolute Gasteiger partial charge is 0.243 e. The van der Waals surface area contributed by atoms with Crippen molar-refractivity contribution in [1.82, 2.24) is 9.62 Å². The number of nitrogens with zero attached hydrogens (tertiary/aromatic N) is 2. The number of likely N-dealkylation sites (N-methyl/N-ethyl adjacent to an activating group) is 1. The van der Waals surface area contributed by atoms with Crippen molar-refractivity contribution >= 4 is 21.6 Å². The molecule has 7 heteroatoms. The number of carbonyl (C=O) groups is 1. The van der Waals surface area contributed by atoms with Gasteiger partial charge in [0.2, 0.25) is 15.9 Å². The van der Waals surface area contributed by atoms with E-state index in [0.29, 0.717) is 5.56 Å². The summed E-state index contributed by atoms with van der Waals surface area (Å²) in [5, 5.41) is 2.99. The molecule has 0 unspecified atom stereocenters. The fourth-order valence-corrected chi connectivity index (χ4v) is 4.46. The molecular weight excluding hydrogens is 398 g/mol. The van der Waals surface area contributed by atoms with Gasteiger partial charge in [0.15, 0.2) is 0 Å². The number of piperidine rings is 1. The highest BCUT2D eigenvalue weighted by Gasteiger charge is 2.31.